The maximum atomic E-state index is 12.3. The first kappa shape index (κ1) is 22.8. The maximum Gasteiger partial charge on any atom is 0.279 e. The molecule has 0 bridgehead atoms. The first-order valence-electron chi connectivity index (χ1n) is 9.49. The highest BCUT2D eigenvalue weighted by Crippen LogP contribution is 2.27. The van der Waals surface area contributed by atoms with E-state index in [2.05, 4.69) is 14.4 Å². The standard InChI is InChI=1S/C21H24N4O4S2/c1-21(2,13-31(27,28)22-14-25(3)4)12-29-18-11-7-9-16(23-18)20-24-19(26)15-8-5-6-10-17(15)30-20/h5-11,14H,12-13H2,1-4H3. The zero-order chi connectivity index (χ0) is 22.6. The molecule has 0 radical (unpaired) electrons. The monoisotopic (exact) mass is 460 g/mol. The van der Waals surface area contributed by atoms with Gasteiger partial charge < -0.3 is 9.64 Å². The molecule has 0 aliphatic heterocycles. The lowest BCUT2D eigenvalue weighted by molar-refractivity contribution is 0.193. The van der Waals surface area contributed by atoms with Crippen LogP contribution in [0.1, 0.15) is 13.8 Å². The Kier molecular flexibility index (Phi) is 6.71. The van der Waals surface area contributed by atoms with E-state index in [1.54, 1.807) is 63.2 Å². The predicted octanol–water partition coefficient (Wildman–Crippen LogP) is 3.04. The molecule has 0 N–H and O–H groups in total. The fourth-order valence-corrected chi connectivity index (χ4v) is 5.19. The molecule has 0 aliphatic carbocycles. The van der Waals surface area contributed by atoms with E-state index in [0.717, 1.165) is 4.70 Å². The van der Waals surface area contributed by atoms with E-state index in [9.17, 15) is 13.2 Å². The van der Waals surface area contributed by atoms with Crippen LogP contribution in [0.2, 0.25) is 0 Å². The number of fused-ring (bicyclic) bond motifs is 1. The van der Waals surface area contributed by atoms with Crippen LogP contribution < -0.4 is 10.3 Å². The Morgan fingerprint density at radius 1 is 1.13 bits per heavy atom. The van der Waals surface area contributed by atoms with Crippen LogP contribution in [0, 0.1) is 5.41 Å². The van der Waals surface area contributed by atoms with Crippen LogP contribution in [0.3, 0.4) is 0 Å². The fraction of sp³-hybridized carbons (Fsp3) is 0.333. The third-order valence-electron chi connectivity index (χ3n) is 4.09. The molecule has 1 aromatic carbocycles. The summed E-state index contributed by atoms with van der Waals surface area (Å²) in [5.74, 6) is 0.159. The number of ether oxygens (including phenoxy) is 1. The van der Waals surface area contributed by atoms with E-state index >= 15 is 0 Å². The van der Waals surface area contributed by atoms with Gasteiger partial charge in [0.1, 0.15) is 17.0 Å². The van der Waals surface area contributed by atoms with Gasteiger partial charge in [-0.1, -0.05) is 32.0 Å². The van der Waals surface area contributed by atoms with E-state index in [4.69, 9.17) is 4.74 Å². The van der Waals surface area contributed by atoms with Crippen molar-refractivity contribution in [2.75, 3.05) is 26.5 Å². The average molecular weight is 461 g/mol. The number of aromatic nitrogens is 2. The Hall–Kier alpha value is -2.85. The molecule has 10 heteroatoms. The first-order valence-corrected chi connectivity index (χ1v) is 11.9. The highest BCUT2D eigenvalue weighted by molar-refractivity contribution is 7.90. The van der Waals surface area contributed by atoms with E-state index in [0.29, 0.717) is 22.0 Å². The van der Waals surface area contributed by atoms with Gasteiger partial charge in [0.15, 0.2) is 0 Å². The number of hydrogen-bond donors (Lipinski definition) is 0. The minimum atomic E-state index is -3.63. The van der Waals surface area contributed by atoms with Crippen LogP contribution in [0.4, 0.5) is 0 Å². The van der Waals surface area contributed by atoms with Crippen LogP contribution in [0.5, 0.6) is 5.88 Å². The quantitative estimate of drug-likeness (QED) is 0.376. The van der Waals surface area contributed by atoms with Crippen molar-refractivity contribution in [1.82, 2.24) is 14.9 Å². The number of sulfonamides is 1. The molecular formula is C21H24N4O4S2. The molecular weight excluding hydrogens is 436 g/mol. The van der Waals surface area contributed by atoms with E-state index in [1.807, 2.05) is 12.1 Å². The summed E-state index contributed by atoms with van der Waals surface area (Å²) >= 11 is 1.37. The second-order valence-electron chi connectivity index (χ2n) is 8.05. The first-order chi connectivity index (χ1) is 14.5. The van der Waals surface area contributed by atoms with Gasteiger partial charge in [-0.3, -0.25) is 4.79 Å². The summed E-state index contributed by atoms with van der Waals surface area (Å²) in [7, 11) is -0.228. The van der Waals surface area contributed by atoms with Gasteiger partial charge in [-0.05, 0) is 18.2 Å². The van der Waals surface area contributed by atoms with Crippen molar-refractivity contribution in [2.24, 2.45) is 9.81 Å². The van der Waals surface area contributed by atoms with Crippen molar-refractivity contribution < 1.29 is 13.2 Å². The lowest BCUT2D eigenvalue weighted by Crippen LogP contribution is -2.30. The maximum absolute atomic E-state index is 12.3. The molecule has 2 heterocycles. The van der Waals surface area contributed by atoms with Gasteiger partial charge in [-0.15, -0.1) is 11.3 Å². The molecule has 0 saturated heterocycles. The summed E-state index contributed by atoms with van der Waals surface area (Å²) in [6.07, 6.45) is 1.26. The average Bonchev–Trinajstić information content (AvgIpc) is 2.70. The number of nitrogens with zero attached hydrogens (tertiary/aromatic N) is 4. The van der Waals surface area contributed by atoms with Crippen molar-refractivity contribution in [3.63, 3.8) is 0 Å². The van der Waals surface area contributed by atoms with Crippen molar-refractivity contribution in [3.05, 3.63) is 52.8 Å². The molecule has 0 saturated carbocycles. The molecule has 3 aromatic rings. The van der Waals surface area contributed by atoms with Crippen LogP contribution in [-0.4, -0.2) is 56.1 Å². The Bertz CT molecular complexity index is 1270. The second kappa shape index (κ2) is 9.11. The Labute approximate surface area is 185 Å². The van der Waals surface area contributed by atoms with Gasteiger partial charge in [0.2, 0.25) is 5.88 Å². The Morgan fingerprint density at radius 3 is 2.61 bits per heavy atom. The highest BCUT2D eigenvalue weighted by atomic mass is 32.2. The molecule has 0 spiro atoms. The normalized spacial score (nSPS) is 12.4. The van der Waals surface area contributed by atoms with Crippen LogP contribution >= 0.6 is 11.3 Å². The third-order valence-corrected chi connectivity index (χ3v) is 6.72. The van der Waals surface area contributed by atoms with Gasteiger partial charge in [0, 0.05) is 30.3 Å². The fourth-order valence-electron chi connectivity index (χ4n) is 2.74. The zero-order valence-electron chi connectivity index (χ0n) is 17.8. The summed E-state index contributed by atoms with van der Waals surface area (Å²) in [6, 6.07) is 12.5. The molecule has 8 nitrogen and oxygen atoms in total. The highest BCUT2D eigenvalue weighted by Gasteiger charge is 2.27. The summed E-state index contributed by atoms with van der Waals surface area (Å²) in [5, 5.41) is 1.07. The van der Waals surface area contributed by atoms with E-state index in [1.165, 1.54) is 17.7 Å². The molecule has 0 aliphatic rings. The van der Waals surface area contributed by atoms with E-state index in [-0.39, 0.29) is 17.9 Å². The molecule has 3 rings (SSSR count). The van der Waals surface area contributed by atoms with Crippen LogP contribution in [-0.2, 0) is 10.0 Å². The lowest BCUT2D eigenvalue weighted by Gasteiger charge is -2.23. The molecule has 0 amide bonds. The lowest BCUT2D eigenvalue weighted by atomic mass is 9.98. The predicted molar refractivity (Wildman–Crippen MR) is 124 cm³/mol. The number of rotatable bonds is 8. The molecule has 2 aromatic heterocycles. The molecule has 0 unspecified atom stereocenters. The smallest absolute Gasteiger partial charge is 0.279 e. The van der Waals surface area contributed by atoms with Crippen molar-refractivity contribution in [3.8, 4) is 16.6 Å². The topological polar surface area (TPSA) is 102 Å². The molecule has 0 fully saturated rings. The largest absolute Gasteiger partial charge is 0.477 e. The molecule has 164 valence electrons. The molecule has 31 heavy (non-hydrogen) atoms. The number of pyridine rings is 1. The van der Waals surface area contributed by atoms with Gasteiger partial charge >= 0.3 is 0 Å². The summed E-state index contributed by atoms with van der Waals surface area (Å²) in [4.78, 5) is 22.5. The Morgan fingerprint density at radius 2 is 1.87 bits per heavy atom. The number of hydrogen-bond acceptors (Lipinski definition) is 7. The van der Waals surface area contributed by atoms with E-state index < -0.39 is 15.4 Å². The van der Waals surface area contributed by atoms with Crippen LogP contribution in [0.25, 0.3) is 20.8 Å². The van der Waals surface area contributed by atoms with Gasteiger partial charge in [-0.2, -0.15) is 9.38 Å². The summed E-state index contributed by atoms with van der Waals surface area (Å²) < 4.78 is 34.7. The SMILES string of the molecule is CN(C)C=NS(=O)(=O)CC(C)(C)COc1cccc(-c2nc(=O)c3ccccc3s2)n1. The van der Waals surface area contributed by atoms with Gasteiger partial charge in [-0.25, -0.2) is 13.4 Å². The summed E-state index contributed by atoms with van der Waals surface area (Å²) in [5.41, 5.74) is -0.472. The number of benzene rings is 1. The minimum absolute atomic E-state index is 0.127. The second-order valence-corrected chi connectivity index (χ2v) is 10.7. The molecule has 0 atom stereocenters. The third kappa shape index (κ3) is 6.31. The summed E-state index contributed by atoms with van der Waals surface area (Å²) in [6.45, 7) is 3.70. The Balaban J connectivity index is 1.76. The minimum Gasteiger partial charge on any atom is -0.477 e. The van der Waals surface area contributed by atoms with Gasteiger partial charge in [0.05, 0.1) is 17.7 Å². The van der Waals surface area contributed by atoms with Crippen molar-refractivity contribution in [1.29, 1.82) is 0 Å². The van der Waals surface area contributed by atoms with Gasteiger partial charge in [0.25, 0.3) is 15.6 Å². The van der Waals surface area contributed by atoms with Crippen molar-refractivity contribution >= 4 is 37.8 Å². The zero-order valence-corrected chi connectivity index (χ0v) is 19.4. The van der Waals surface area contributed by atoms with Crippen LogP contribution in [0.15, 0.2) is 51.7 Å². The van der Waals surface area contributed by atoms with Crippen molar-refractivity contribution in [2.45, 2.75) is 13.8 Å².